The molecule has 2 aliphatic rings. The highest BCUT2D eigenvalue weighted by atomic mass is 16.7. The minimum absolute atomic E-state index is 0.0208. The first-order valence-electron chi connectivity index (χ1n) is 4.75. The predicted octanol–water partition coefficient (Wildman–Crippen LogP) is -0.951. The Kier molecular flexibility index (Phi) is 2.53. The van der Waals surface area contributed by atoms with Crippen LogP contribution in [0.4, 0.5) is 0 Å². The van der Waals surface area contributed by atoms with E-state index in [1.165, 1.54) is 0 Å². The lowest BCUT2D eigenvalue weighted by molar-refractivity contribution is -0.225. The molecule has 2 saturated heterocycles. The van der Waals surface area contributed by atoms with Crippen LogP contribution in [0.1, 0.15) is 0 Å². The van der Waals surface area contributed by atoms with E-state index in [2.05, 4.69) is 0 Å². The third kappa shape index (κ3) is 1.20. The topological polar surface area (TPSA) is 51.2 Å². The van der Waals surface area contributed by atoms with E-state index in [-0.39, 0.29) is 12.1 Å². The molecule has 0 aromatic heterocycles. The molecule has 0 aliphatic carbocycles. The number of likely N-dealkylation sites (N-methyl/N-ethyl adjacent to an activating group) is 1. The van der Waals surface area contributed by atoms with Gasteiger partial charge < -0.3 is 19.3 Å². The van der Waals surface area contributed by atoms with Crippen LogP contribution in [0, 0.1) is 0 Å². The highest BCUT2D eigenvalue weighted by Crippen LogP contribution is 2.37. The van der Waals surface area contributed by atoms with Gasteiger partial charge >= 0.3 is 0 Å². The molecule has 3 atom stereocenters. The zero-order chi connectivity index (χ0) is 10.3. The molecule has 0 aromatic rings. The molecule has 5 heteroatoms. The summed E-state index contributed by atoms with van der Waals surface area (Å²) < 4.78 is 16.3. The summed E-state index contributed by atoms with van der Waals surface area (Å²) in [5.74, 6) is -0.725. The fourth-order valence-corrected chi connectivity index (χ4v) is 2.50. The van der Waals surface area contributed by atoms with Gasteiger partial charge in [-0.2, -0.15) is 0 Å². The van der Waals surface area contributed by atoms with Gasteiger partial charge in [0.05, 0.1) is 12.1 Å². The lowest BCUT2D eigenvalue weighted by Crippen LogP contribution is -2.52. The van der Waals surface area contributed by atoms with Crippen LogP contribution in [0.25, 0.3) is 0 Å². The summed E-state index contributed by atoms with van der Waals surface area (Å²) in [6, 6.07) is -0.0208. The van der Waals surface area contributed by atoms with Crippen molar-refractivity contribution >= 4 is 0 Å². The maximum Gasteiger partial charge on any atom is 0.210 e. The summed E-state index contributed by atoms with van der Waals surface area (Å²) in [4.78, 5) is 2.02. The average molecular weight is 203 g/mol. The molecule has 2 aliphatic heterocycles. The predicted molar refractivity (Wildman–Crippen MR) is 48.9 cm³/mol. The number of hydrogen-bond donors (Lipinski definition) is 1. The second kappa shape index (κ2) is 3.43. The highest BCUT2D eigenvalue weighted by Gasteiger charge is 2.58. The first-order chi connectivity index (χ1) is 6.64. The molecule has 0 aromatic carbocycles. The Morgan fingerprint density at radius 3 is 2.64 bits per heavy atom. The van der Waals surface area contributed by atoms with Crippen LogP contribution in [0.5, 0.6) is 0 Å². The molecule has 82 valence electrons. The molecule has 2 rings (SSSR count). The zero-order valence-corrected chi connectivity index (χ0v) is 8.77. The van der Waals surface area contributed by atoms with Crippen molar-refractivity contribution in [2.24, 2.45) is 0 Å². The van der Waals surface area contributed by atoms with E-state index in [4.69, 9.17) is 14.2 Å². The number of fused-ring (bicyclic) bond motifs is 1. The van der Waals surface area contributed by atoms with Gasteiger partial charge in [0.25, 0.3) is 0 Å². The molecule has 0 radical (unpaired) electrons. The third-order valence-electron chi connectivity index (χ3n) is 3.26. The number of ether oxygens (including phenoxy) is 3. The number of rotatable bonds is 2. The van der Waals surface area contributed by atoms with Gasteiger partial charge in [0.15, 0.2) is 0 Å². The number of β-amino-alcohol motifs (C(OH)–C–C–N with tert-alkyl or cyclic N) is 1. The molecule has 0 saturated carbocycles. The number of aliphatic hydroxyl groups is 1. The molecule has 5 nitrogen and oxygen atoms in total. The fraction of sp³-hybridized carbons (Fsp3) is 1.00. The van der Waals surface area contributed by atoms with Gasteiger partial charge in [-0.25, -0.2) is 0 Å². The first-order valence-corrected chi connectivity index (χ1v) is 4.75. The largest absolute Gasteiger partial charge is 0.389 e. The molecule has 0 spiro atoms. The number of hydrogen-bond acceptors (Lipinski definition) is 5. The molecule has 1 N–H and O–H groups in total. The molecule has 2 fully saturated rings. The Labute approximate surface area is 83.5 Å². The molecule has 14 heavy (non-hydrogen) atoms. The van der Waals surface area contributed by atoms with Crippen molar-refractivity contribution in [2.75, 3.05) is 34.4 Å². The summed E-state index contributed by atoms with van der Waals surface area (Å²) >= 11 is 0. The van der Waals surface area contributed by atoms with Gasteiger partial charge in [-0.3, -0.25) is 4.90 Å². The van der Waals surface area contributed by atoms with Gasteiger partial charge in [-0.15, -0.1) is 0 Å². The lowest BCUT2D eigenvalue weighted by atomic mass is 10.1. The fourth-order valence-electron chi connectivity index (χ4n) is 2.50. The molecule has 0 unspecified atom stereocenters. The van der Waals surface area contributed by atoms with E-state index in [0.717, 1.165) is 0 Å². The van der Waals surface area contributed by atoms with Gasteiger partial charge in [-0.05, 0) is 7.05 Å². The van der Waals surface area contributed by atoms with Crippen molar-refractivity contribution in [3.63, 3.8) is 0 Å². The monoisotopic (exact) mass is 203 g/mol. The van der Waals surface area contributed by atoms with Gasteiger partial charge in [0.2, 0.25) is 5.79 Å². The Bertz CT molecular complexity index is 219. The smallest absolute Gasteiger partial charge is 0.210 e. The summed E-state index contributed by atoms with van der Waals surface area (Å²) in [6.45, 7) is 0.973. The number of aliphatic hydroxyl groups excluding tert-OH is 1. The van der Waals surface area contributed by atoms with Crippen LogP contribution in [-0.4, -0.2) is 68.5 Å². The van der Waals surface area contributed by atoms with Gasteiger partial charge in [0, 0.05) is 20.8 Å². The third-order valence-corrected chi connectivity index (χ3v) is 3.26. The molecular weight excluding hydrogens is 186 g/mol. The summed E-state index contributed by atoms with van der Waals surface area (Å²) in [7, 11) is 5.15. The van der Waals surface area contributed by atoms with Crippen LogP contribution >= 0.6 is 0 Å². The van der Waals surface area contributed by atoms with E-state index in [1.807, 2.05) is 11.9 Å². The lowest BCUT2D eigenvalue weighted by Gasteiger charge is -2.33. The van der Waals surface area contributed by atoms with Crippen LogP contribution in [0.15, 0.2) is 0 Å². The average Bonchev–Trinajstić information content (AvgIpc) is 2.68. The summed E-state index contributed by atoms with van der Waals surface area (Å²) in [6.07, 6.45) is -0.642. The van der Waals surface area contributed by atoms with E-state index >= 15 is 0 Å². The maximum atomic E-state index is 9.72. The van der Waals surface area contributed by atoms with Gasteiger partial charge in [-0.1, -0.05) is 0 Å². The van der Waals surface area contributed by atoms with Crippen molar-refractivity contribution in [1.29, 1.82) is 0 Å². The summed E-state index contributed by atoms with van der Waals surface area (Å²) in [5, 5.41) is 9.72. The normalized spacial score (nSPS) is 41.6. The second-order valence-corrected chi connectivity index (χ2v) is 3.95. The van der Waals surface area contributed by atoms with Crippen LogP contribution in [0.2, 0.25) is 0 Å². The Balaban J connectivity index is 2.24. The maximum absolute atomic E-state index is 9.72. The van der Waals surface area contributed by atoms with E-state index in [0.29, 0.717) is 13.2 Å². The van der Waals surface area contributed by atoms with E-state index < -0.39 is 11.9 Å². The number of nitrogens with zero attached hydrogens (tertiary/aromatic N) is 1. The minimum atomic E-state index is -0.725. The standard InChI is InChI=1S/C9H17NO4/c1-10-4-6(11)7-8(10)9(12-2,13-3)5-14-7/h6-8,11H,4-5H2,1-3H3/t6-,7-,8+/m1/s1. The molecule has 0 bridgehead atoms. The van der Waals surface area contributed by atoms with Crippen molar-refractivity contribution in [3.05, 3.63) is 0 Å². The van der Waals surface area contributed by atoms with Crippen LogP contribution < -0.4 is 0 Å². The van der Waals surface area contributed by atoms with Crippen molar-refractivity contribution < 1.29 is 19.3 Å². The van der Waals surface area contributed by atoms with Crippen LogP contribution in [-0.2, 0) is 14.2 Å². The highest BCUT2D eigenvalue weighted by molar-refractivity contribution is 5.05. The SMILES string of the molecule is COC1(OC)CO[C@@H]2[C@H](O)CN(C)[C@@H]21. The van der Waals surface area contributed by atoms with E-state index in [9.17, 15) is 5.11 Å². The Hall–Kier alpha value is -0.200. The molecule has 0 amide bonds. The van der Waals surface area contributed by atoms with Crippen molar-refractivity contribution in [2.45, 2.75) is 24.0 Å². The Morgan fingerprint density at radius 1 is 1.43 bits per heavy atom. The molecule has 2 heterocycles. The van der Waals surface area contributed by atoms with Crippen molar-refractivity contribution in [3.8, 4) is 0 Å². The second-order valence-electron chi connectivity index (χ2n) is 3.95. The number of likely N-dealkylation sites (tertiary alicyclic amines) is 1. The molecular formula is C9H17NO4. The number of methoxy groups -OCH3 is 2. The van der Waals surface area contributed by atoms with E-state index in [1.54, 1.807) is 14.2 Å². The van der Waals surface area contributed by atoms with Crippen LogP contribution in [0.3, 0.4) is 0 Å². The Morgan fingerprint density at radius 2 is 2.07 bits per heavy atom. The van der Waals surface area contributed by atoms with Gasteiger partial charge in [0.1, 0.15) is 12.7 Å². The quantitative estimate of drug-likeness (QED) is 0.586. The minimum Gasteiger partial charge on any atom is -0.389 e. The van der Waals surface area contributed by atoms with Crippen molar-refractivity contribution in [1.82, 2.24) is 4.90 Å². The zero-order valence-electron chi connectivity index (χ0n) is 8.77. The summed E-state index contributed by atoms with van der Waals surface area (Å²) in [5.41, 5.74) is 0. The first kappa shape index (κ1) is 10.3.